The summed E-state index contributed by atoms with van der Waals surface area (Å²) in [5.74, 6) is 0.921. The van der Waals surface area contributed by atoms with Crippen LogP contribution in [0.2, 0.25) is 0 Å². The van der Waals surface area contributed by atoms with Crippen LogP contribution in [0.3, 0.4) is 0 Å². The van der Waals surface area contributed by atoms with Crippen LogP contribution in [0.15, 0.2) is 29.2 Å². The number of carbonyl (C=O) groups excluding carboxylic acids is 1. The summed E-state index contributed by atoms with van der Waals surface area (Å²) in [6, 6.07) is 7.73. The average Bonchev–Trinajstić information content (AvgIpc) is 2.36. The van der Waals surface area contributed by atoms with E-state index >= 15 is 0 Å². The van der Waals surface area contributed by atoms with Crippen molar-refractivity contribution in [3.63, 3.8) is 0 Å². The second kappa shape index (κ2) is 7.22. The molecule has 4 heteroatoms. The van der Waals surface area contributed by atoms with Crippen LogP contribution in [0.1, 0.15) is 20.3 Å². The molecule has 0 bridgehead atoms. The Bertz CT molecular complexity index is 351. The van der Waals surface area contributed by atoms with E-state index in [1.54, 1.807) is 18.9 Å². The van der Waals surface area contributed by atoms with Gasteiger partial charge < -0.3 is 10.1 Å². The number of thioether (sulfide) groups is 1. The van der Waals surface area contributed by atoms with E-state index in [0.717, 1.165) is 23.6 Å². The molecule has 17 heavy (non-hydrogen) atoms. The van der Waals surface area contributed by atoms with Gasteiger partial charge in [0.1, 0.15) is 5.75 Å². The summed E-state index contributed by atoms with van der Waals surface area (Å²) in [4.78, 5) is 12.7. The van der Waals surface area contributed by atoms with E-state index in [-0.39, 0.29) is 11.2 Å². The summed E-state index contributed by atoms with van der Waals surface area (Å²) >= 11 is 1.55. The van der Waals surface area contributed by atoms with Crippen LogP contribution >= 0.6 is 11.8 Å². The maximum Gasteiger partial charge on any atom is 0.233 e. The number of hydrogen-bond donors (Lipinski definition) is 1. The molecule has 0 radical (unpaired) electrons. The van der Waals surface area contributed by atoms with Crippen LogP contribution in [-0.2, 0) is 4.79 Å². The van der Waals surface area contributed by atoms with Crippen molar-refractivity contribution in [1.29, 1.82) is 0 Å². The van der Waals surface area contributed by atoms with Crippen molar-refractivity contribution in [2.45, 2.75) is 30.4 Å². The van der Waals surface area contributed by atoms with Gasteiger partial charge in [-0.3, -0.25) is 4.79 Å². The molecule has 0 spiro atoms. The molecule has 0 aliphatic carbocycles. The number of benzene rings is 1. The molecular formula is C13H19NO2S. The highest BCUT2D eigenvalue weighted by Crippen LogP contribution is 2.25. The standard InChI is InChI=1S/C13H19NO2S/c1-4-9-14-13(15)10(2)17-12-7-5-11(16-3)6-8-12/h5-8,10H,4,9H2,1-3H3,(H,14,15). The van der Waals surface area contributed by atoms with Crippen molar-refractivity contribution in [3.8, 4) is 5.75 Å². The lowest BCUT2D eigenvalue weighted by Gasteiger charge is -2.11. The fraction of sp³-hybridized carbons (Fsp3) is 0.462. The molecule has 3 nitrogen and oxygen atoms in total. The first-order valence-electron chi connectivity index (χ1n) is 5.75. The van der Waals surface area contributed by atoms with E-state index in [1.165, 1.54) is 0 Å². The van der Waals surface area contributed by atoms with E-state index in [4.69, 9.17) is 4.74 Å². The molecular weight excluding hydrogens is 234 g/mol. The topological polar surface area (TPSA) is 38.3 Å². The first-order chi connectivity index (χ1) is 8.17. The van der Waals surface area contributed by atoms with Crippen molar-refractivity contribution in [3.05, 3.63) is 24.3 Å². The second-order valence-corrected chi connectivity index (χ2v) is 5.14. The number of rotatable bonds is 6. The molecule has 0 saturated carbocycles. The molecule has 1 rings (SSSR count). The summed E-state index contributed by atoms with van der Waals surface area (Å²) in [7, 11) is 1.64. The fourth-order valence-corrected chi connectivity index (χ4v) is 2.20. The van der Waals surface area contributed by atoms with E-state index in [2.05, 4.69) is 5.32 Å². The Kier molecular flexibility index (Phi) is 5.91. The van der Waals surface area contributed by atoms with Gasteiger partial charge >= 0.3 is 0 Å². The molecule has 1 aromatic carbocycles. The lowest BCUT2D eigenvalue weighted by Crippen LogP contribution is -2.31. The van der Waals surface area contributed by atoms with Gasteiger partial charge in [-0.1, -0.05) is 6.92 Å². The van der Waals surface area contributed by atoms with Gasteiger partial charge in [0.25, 0.3) is 0 Å². The van der Waals surface area contributed by atoms with Crippen LogP contribution < -0.4 is 10.1 Å². The smallest absolute Gasteiger partial charge is 0.233 e. The third-order valence-electron chi connectivity index (χ3n) is 2.29. The van der Waals surface area contributed by atoms with Crippen LogP contribution in [0.25, 0.3) is 0 Å². The predicted molar refractivity (Wildman–Crippen MR) is 71.6 cm³/mol. The quantitative estimate of drug-likeness (QED) is 0.792. The molecule has 0 aliphatic rings. The maximum atomic E-state index is 11.7. The van der Waals surface area contributed by atoms with E-state index in [9.17, 15) is 4.79 Å². The molecule has 1 amide bonds. The molecule has 0 aliphatic heterocycles. The molecule has 0 fully saturated rings. The van der Waals surface area contributed by atoms with Crippen LogP contribution in [0.4, 0.5) is 0 Å². The first-order valence-corrected chi connectivity index (χ1v) is 6.63. The third-order valence-corrected chi connectivity index (χ3v) is 3.40. The van der Waals surface area contributed by atoms with Gasteiger partial charge in [-0.2, -0.15) is 0 Å². The molecule has 0 aromatic heterocycles. The minimum absolute atomic E-state index is 0.0741. The Hall–Kier alpha value is -1.16. The van der Waals surface area contributed by atoms with Crippen molar-refractivity contribution < 1.29 is 9.53 Å². The van der Waals surface area contributed by atoms with Gasteiger partial charge in [0.15, 0.2) is 0 Å². The molecule has 1 aromatic rings. The zero-order valence-electron chi connectivity index (χ0n) is 10.5. The van der Waals surface area contributed by atoms with Crippen molar-refractivity contribution in [1.82, 2.24) is 5.32 Å². The van der Waals surface area contributed by atoms with Crippen LogP contribution in [-0.4, -0.2) is 24.8 Å². The van der Waals surface area contributed by atoms with Crippen LogP contribution in [0, 0.1) is 0 Å². The SMILES string of the molecule is CCCNC(=O)C(C)Sc1ccc(OC)cc1. The summed E-state index contributed by atoms with van der Waals surface area (Å²) in [5.41, 5.74) is 0. The molecule has 1 N–H and O–H groups in total. The highest BCUT2D eigenvalue weighted by molar-refractivity contribution is 8.00. The van der Waals surface area contributed by atoms with Gasteiger partial charge in [0.2, 0.25) is 5.91 Å². The summed E-state index contributed by atoms with van der Waals surface area (Å²) < 4.78 is 5.09. The molecule has 0 heterocycles. The summed E-state index contributed by atoms with van der Waals surface area (Å²) in [5, 5.41) is 2.82. The van der Waals surface area contributed by atoms with Crippen molar-refractivity contribution in [2.24, 2.45) is 0 Å². The minimum atomic E-state index is -0.0741. The highest BCUT2D eigenvalue weighted by Gasteiger charge is 2.13. The number of methoxy groups -OCH3 is 1. The zero-order valence-corrected chi connectivity index (χ0v) is 11.3. The summed E-state index contributed by atoms with van der Waals surface area (Å²) in [6.45, 7) is 4.70. The number of nitrogens with one attached hydrogen (secondary N) is 1. The summed E-state index contributed by atoms with van der Waals surface area (Å²) in [6.07, 6.45) is 0.964. The number of amides is 1. The van der Waals surface area contributed by atoms with E-state index in [0.29, 0.717) is 0 Å². The Morgan fingerprint density at radius 2 is 2.06 bits per heavy atom. The van der Waals surface area contributed by atoms with Crippen molar-refractivity contribution in [2.75, 3.05) is 13.7 Å². The van der Waals surface area contributed by atoms with E-state index < -0.39 is 0 Å². The molecule has 1 unspecified atom stereocenters. The van der Waals surface area contributed by atoms with Gasteiger partial charge in [0, 0.05) is 11.4 Å². The Morgan fingerprint density at radius 1 is 1.41 bits per heavy atom. The molecule has 0 saturated heterocycles. The number of carbonyl (C=O) groups is 1. The normalized spacial score (nSPS) is 11.9. The van der Waals surface area contributed by atoms with E-state index in [1.807, 2.05) is 38.1 Å². The largest absolute Gasteiger partial charge is 0.497 e. The number of hydrogen-bond acceptors (Lipinski definition) is 3. The van der Waals surface area contributed by atoms with Gasteiger partial charge in [-0.15, -0.1) is 11.8 Å². The Labute approximate surface area is 107 Å². The Morgan fingerprint density at radius 3 is 2.59 bits per heavy atom. The molecule has 1 atom stereocenters. The zero-order chi connectivity index (χ0) is 12.7. The minimum Gasteiger partial charge on any atom is -0.497 e. The average molecular weight is 253 g/mol. The molecule has 94 valence electrons. The fourth-order valence-electron chi connectivity index (χ4n) is 1.30. The third kappa shape index (κ3) is 4.69. The Balaban J connectivity index is 2.49. The monoisotopic (exact) mass is 253 g/mol. The van der Waals surface area contributed by atoms with Gasteiger partial charge in [0.05, 0.1) is 12.4 Å². The first kappa shape index (κ1) is 13.9. The van der Waals surface area contributed by atoms with Crippen LogP contribution in [0.5, 0.6) is 5.75 Å². The number of ether oxygens (including phenoxy) is 1. The van der Waals surface area contributed by atoms with Crippen molar-refractivity contribution >= 4 is 17.7 Å². The van der Waals surface area contributed by atoms with Gasteiger partial charge in [-0.05, 0) is 37.6 Å². The van der Waals surface area contributed by atoms with Gasteiger partial charge in [-0.25, -0.2) is 0 Å². The predicted octanol–water partition coefficient (Wildman–Crippen LogP) is 2.70. The highest BCUT2D eigenvalue weighted by atomic mass is 32.2. The lowest BCUT2D eigenvalue weighted by atomic mass is 10.3. The second-order valence-electron chi connectivity index (χ2n) is 3.73. The lowest BCUT2D eigenvalue weighted by molar-refractivity contribution is -0.120. The maximum absolute atomic E-state index is 11.7.